The molecule has 1 aromatic carbocycles. The summed E-state index contributed by atoms with van der Waals surface area (Å²) in [5.74, 6) is 0.365. The van der Waals surface area contributed by atoms with Crippen molar-refractivity contribution in [1.29, 1.82) is 0 Å². The summed E-state index contributed by atoms with van der Waals surface area (Å²) in [6.07, 6.45) is 5.07. The number of pyridine rings is 1. The highest BCUT2D eigenvalue weighted by molar-refractivity contribution is 6.08. The van der Waals surface area contributed by atoms with Gasteiger partial charge in [-0.1, -0.05) is 0 Å². The van der Waals surface area contributed by atoms with Gasteiger partial charge in [0.05, 0.1) is 17.7 Å². The molecule has 0 fully saturated rings. The SMILES string of the molecule is CC(C)(C)OC(=O)NCCn1cc2c(n1)c(N)nc1cc(-n3cccn3)ccc12. The minimum Gasteiger partial charge on any atom is -0.444 e. The topological polar surface area (TPSA) is 113 Å². The van der Waals surface area contributed by atoms with Gasteiger partial charge < -0.3 is 15.8 Å². The second-order valence-electron chi connectivity index (χ2n) is 7.73. The largest absolute Gasteiger partial charge is 0.444 e. The molecule has 3 N–H and O–H groups in total. The molecule has 4 rings (SSSR count). The van der Waals surface area contributed by atoms with Gasteiger partial charge in [0, 0.05) is 35.9 Å². The Kier molecular flexibility index (Phi) is 4.57. The molecule has 3 heterocycles. The van der Waals surface area contributed by atoms with Gasteiger partial charge >= 0.3 is 6.09 Å². The van der Waals surface area contributed by atoms with Crippen LogP contribution in [0, 0.1) is 0 Å². The minimum absolute atomic E-state index is 0.365. The number of fused-ring (bicyclic) bond motifs is 3. The van der Waals surface area contributed by atoms with E-state index in [0.717, 1.165) is 22.0 Å². The number of carbonyl (C=O) groups excluding carboxylic acids is 1. The van der Waals surface area contributed by atoms with Crippen LogP contribution in [0.1, 0.15) is 20.8 Å². The van der Waals surface area contributed by atoms with Crippen LogP contribution in [0.4, 0.5) is 10.6 Å². The summed E-state index contributed by atoms with van der Waals surface area (Å²) in [4.78, 5) is 16.3. The summed E-state index contributed by atoms with van der Waals surface area (Å²) < 4.78 is 8.76. The maximum atomic E-state index is 11.8. The Bertz CT molecular complexity index is 1170. The van der Waals surface area contributed by atoms with E-state index >= 15 is 0 Å². The number of nitrogen functional groups attached to an aromatic ring is 1. The van der Waals surface area contributed by atoms with E-state index in [1.165, 1.54) is 0 Å². The smallest absolute Gasteiger partial charge is 0.407 e. The Balaban J connectivity index is 1.57. The molecule has 150 valence electrons. The highest BCUT2D eigenvalue weighted by Gasteiger charge is 2.16. The molecular weight excluding hydrogens is 370 g/mol. The fraction of sp³-hybridized carbons (Fsp3) is 0.300. The lowest BCUT2D eigenvalue weighted by Gasteiger charge is -2.19. The lowest BCUT2D eigenvalue weighted by atomic mass is 10.1. The van der Waals surface area contributed by atoms with Gasteiger partial charge in [0.1, 0.15) is 11.1 Å². The van der Waals surface area contributed by atoms with Gasteiger partial charge in [-0.25, -0.2) is 14.5 Å². The van der Waals surface area contributed by atoms with Gasteiger partial charge in [0.15, 0.2) is 5.82 Å². The molecule has 0 unspecified atom stereocenters. The Morgan fingerprint density at radius 2 is 2.10 bits per heavy atom. The molecule has 0 spiro atoms. The summed E-state index contributed by atoms with van der Waals surface area (Å²) >= 11 is 0. The molecule has 1 amide bonds. The molecule has 9 heteroatoms. The second-order valence-corrected chi connectivity index (χ2v) is 7.73. The van der Waals surface area contributed by atoms with Crippen LogP contribution in [0.15, 0.2) is 42.9 Å². The Labute approximate surface area is 167 Å². The zero-order valence-electron chi connectivity index (χ0n) is 16.6. The number of ether oxygens (including phenoxy) is 1. The summed E-state index contributed by atoms with van der Waals surface area (Å²) in [6.45, 7) is 6.35. The standard InChI is InChI=1S/C20H23N7O2/c1-20(2,3)29-19(28)22-8-10-26-12-15-14-6-5-13(27-9-4-7-23-27)11-16(14)24-18(21)17(15)25-26/h4-7,9,11-12H,8,10H2,1-3H3,(H2,21,24)(H,22,28). The predicted molar refractivity (Wildman–Crippen MR) is 111 cm³/mol. The first-order valence-electron chi connectivity index (χ1n) is 9.33. The Morgan fingerprint density at radius 3 is 2.83 bits per heavy atom. The van der Waals surface area contributed by atoms with Crippen LogP contribution in [-0.4, -0.2) is 42.8 Å². The lowest BCUT2D eigenvalue weighted by molar-refractivity contribution is 0.0525. The second kappa shape index (κ2) is 7.08. The molecular formula is C20H23N7O2. The highest BCUT2D eigenvalue weighted by Crippen LogP contribution is 2.28. The van der Waals surface area contributed by atoms with Gasteiger partial charge in [-0.3, -0.25) is 4.68 Å². The molecule has 0 saturated heterocycles. The van der Waals surface area contributed by atoms with Crippen molar-refractivity contribution >= 4 is 33.7 Å². The van der Waals surface area contributed by atoms with Crippen LogP contribution in [-0.2, 0) is 11.3 Å². The van der Waals surface area contributed by atoms with Crippen LogP contribution < -0.4 is 11.1 Å². The predicted octanol–water partition coefficient (Wildman–Crippen LogP) is 2.88. The number of benzene rings is 1. The van der Waals surface area contributed by atoms with Gasteiger partial charge in [-0.15, -0.1) is 0 Å². The fourth-order valence-electron chi connectivity index (χ4n) is 3.10. The van der Waals surface area contributed by atoms with Crippen LogP contribution in [0.25, 0.3) is 27.5 Å². The number of nitrogens with one attached hydrogen (secondary N) is 1. The third-order valence-corrected chi connectivity index (χ3v) is 4.29. The third kappa shape index (κ3) is 3.98. The van der Waals surface area contributed by atoms with E-state index in [-0.39, 0.29) is 0 Å². The van der Waals surface area contributed by atoms with Crippen LogP contribution in [0.5, 0.6) is 0 Å². The quantitative estimate of drug-likeness (QED) is 0.551. The van der Waals surface area contributed by atoms with Crippen molar-refractivity contribution in [3.05, 3.63) is 42.9 Å². The number of hydrogen-bond donors (Lipinski definition) is 2. The normalized spacial score (nSPS) is 11.8. The van der Waals surface area contributed by atoms with E-state index in [2.05, 4.69) is 20.5 Å². The van der Waals surface area contributed by atoms with Crippen LogP contribution in [0.3, 0.4) is 0 Å². The van der Waals surface area contributed by atoms with Crippen LogP contribution >= 0.6 is 0 Å². The molecule has 0 bridgehead atoms. The summed E-state index contributed by atoms with van der Waals surface area (Å²) in [5, 5.41) is 13.4. The van der Waals surface area contributed by atoms with Crippen molar-refractivity contribution in [2.45, 2.75) is 32.9 Å². The number of carbonyl (C=O) groups is 1. The molecule has 3 aromatic heterocycles. The van der Waals surface area contributed by atoms with E-state index in [0.29, 0.717) is 24.4 Å². The zero-order valence-corrected chi connectivity index (χ0v) is 16.6. The lowest BCUT2D eigenvalue weighted by Crippen LogP contribution is -2.34. The average Bonchev–Trinajstić information content (AvgIpc) is 3.30. The van der Waals surface area contributed by atoms with E-state index in [9.17, 15) is 4.79 Å². The van der Waals surface area contributed by atoms with Crippen molar-refractivity contribution in [2.75, 3.05) is 12.3 Å². The third-order valence-electron chi connectivity index (χ3n) is 4.29. The Hall–Kier alpha value is -3.62. The molecule has 9 nitrogen and oxygen atoms in total. The first-order chi connectivity index (χ1) is 13.8. The first kappa shape index (κ1) is 18.7. The average molecular weight is 393 g/mol. The monoisotopic (exact) mass is 393 g/mol. The Morgan fingerprint density at radius 1 is 1.28 bits per heavy atom. The molecule has 0 aliphatic carbocycles. The van der Waals surface area contributed by atoms with Gasteiger partial charge in [0.2, 0.25) is 0 Å². The number of nitrogens with two attached hydrogens (primary N) is 1. The number of nitrogens with zero attached hydrogens (tertiary/aromatic N) is 5. The van der Waals surface area contributed by atoms with Crippen molar-refractivity contribution in [3.8, 4) is 5.69 Å². The molecule has 0 aliphatic heterocycles. The van der Waals surface area contributed by atoms with Crippen molar-refractivity contribution < 1.29 is 9.53 Å². The maximum absolute atomic E-state index is 11.8. The van der Waals surface area contributed by atoms with E-state index in [1.807, 2.05) is 57.4 Å². The summed E-state index contributed by atoms with van der Waals surface area (Å²) in [5.41, 5.74) is 7.94. The van der Waals surface area contributed by atoms with E-state index in [4.69, 9.17) is 10.5 Å². The number of hydrogen-bond acceptors (Lipinski definition) is 6. The molecule has 0 radical (unpaired) electrons. The number of anilines is 1. The number of rotatable bonds is 4. The molecule has 29 heavy (non-hydrogen) atoms. The minimum atomic E-state index is -0.529. The molecule has 0 saturated carbocycles. The molecule has 0 aliphatic rings. The van der Waals surface area contributed by atoms with Gasteiger partial charge in [-0.05, 0) is 45.0 Å². The number of aromatic nitrogens is 5. The van der Waals surface area contributed by atoms with Gasteiger partial charge in [-0.2, -0.15) is 10.2 Å². The van der Waals surface area contributed by atoms with E-state index in [1.54, 1.807) is 15.6 Å². The summed E-state index contributed by atoms with van der Waals surface area (Å²) in [6, 6.07) is 7.78. The van der Waals surface area contributed by atoms with Gasteiger partial charge in [0.25, 0.3) is 0 Å². The highest BCUT2D eigenvalue weighted by atomic mass is 16.6. The van der Waals surface area contributed by atoms with Crippen molar-refractivity contribution in [1.82, 2.24) is 29.9 Å². The molecule has 4 aromatic rings. The fourth-order valence-corrected chi connectivity index (χ4v) is 3.10. The zero-order chi connectivity index (χ0) is 20.6. The number of amides is 1. The number of alkyl carbamates (subject to hydrolysis) is 1. The van der Waals surface area contributed by atoms with Crippen molar-refractivity contribution in [3.63, 3.8) is 0 Å². The van der Waals surface area contributed by atoms with Crippen LogP contribution in [0.2, 0.25) is 0 Å². The van der Waals surface area contributed by atoms with Crippen molar-refractivity contribution in [2.24, 2.45) is 0 Å². The van der Waals surface area contributed by atoms with E-state index < -0.39 is 11.7 Å². The first-order valence-corrected chi connectivity index (χ1v) is 9.33. The maximum Gasteiger partial charge on any atom is 0.407 e. The summed E-state index contributed by atoms with van der Waals surface area (Å²) in [7, 11) is 0. The molecule has 0 atom stereocenters.